The molecule has 0 saturated heterocycles. The molecule has 3 N–H and O–H groups in total. The third-order valence-corrected chi connectivity index (χ3v) is 6.32. The van der Waals surface area contributed by atoms with Crippen LogP contribution in [0.25, 0.3) is 11.1 Å². The second-order valence-corrected chi connectivity index (χ2v) is 9.85. The smallest absolute Gasteiger partial charge is 0.456 e. The quantitative estimate of drug-likeness (QED) is 0.0800. The highest BCUT2D eigenvalue weighted by molar-refractivity contribution is 6.43. The van der Waals surface area contributed by atoms with Gasteiger partial charge in [-0.2, -0.15) is 0 Å². The van der Waals surface area contributed by atoms with Crippen LogP contribution in [-0.2, 0) is 30.1 Å². The number of rotatable bonds is 22. The van der Waals surface area contributed by atoms with Crippen LogP contribution in [0.3, 0.4) is 0 Å². The van der Waals surface area contributed by atoms with Crippen molar-refractivity contribution in [1.29, 1.82) is 0 Å². The van der Waals surface area contributed by atoms with Crippen LogP contribution in [0, 0.1) is 0 Å². The van der Waals surface area contributed by atoms with Gasteiger partial charge in [-0.3, -0.25) is 0 Å². The topological polar surface area (TPSA) is 141 Å². The van der Waals surface area contributed by atoms with Gasteiger partial charge in [0.05, 0.1) is 12.2 Å². The number of aryl methyl sites for hydroxylation is 1. The van der Waals surface area contributed by atoms with E-state index < -0.39 is 26.7 Å². The Hall–Kier alpha value is -3.57. The molecule has 2 rings (SSSR count). The normalized spacial score (nSPS) is 10.5. The van der Waals surface area contributed by atoms with Crippen molar-refractivity contribution >= 4 is 26.7 Å². The molecule has 0 atom stereocenters. The molecule has 0 aromatic heterocycles. The molecular formula is C31H42B2O10. The monoisotopic (exact) mass is 596 g/mol. The highest BCUT2D eigenvalue weighted by Gasteiger charge is 2.16. The number of carbonyl (C=O) groups excluding carboxylic acids is 2. The summed E-state index contributed by atoms with van der Waals surface area (Å²) in [5.74, 6) is -0.108. The van der Waals surface area contributed by atoms with Crippen LogP contribution in [0.1, 0.15) is 44.6 Å². The molecule has 10 nitrogen and oxygen atoms in total. The van der Waals surface area contributed by atoms with E-state index in [-0.39, 0.29) is 50.5 Å². The first-order valence-electron chi connectivity index (χ1n) is 14.5. The van der Waals surface area contributed by atoms with Crippen molar-refractivity contribution in [3.05, 3.63) is 72.3 Å². The number of hydrogen-bond acceptors (Lipinski definition) is 10. The van der Waals surface area contributed by atoms with Gasteiger partial charge in [-0.15, -0.1) is 0 Å². The fraction of sp³-hybridized carbons (Fsp3) is 0.419. The lowest BCUT2D eigenvalue weighted by molar-refractivity contribution is -0.140. The molecule has 43 heavy (non-hydrogen) atoms. The van der Waals surface area contributed by atoms with Gasteiger partial charge in [-0.05, 0) is 53.8 Å². The zero-order chi connectivity index (χ0) is 31.5. The molecule has 0 unspecified atom stereocenters. The third kappa shape index (κ3) is 14.0. The van der Waals surface area contributed by atoms with Crippen molar-refractivity contribution in [2.45, 2.75) is 51.8 Å². The van der Waals surface area contributed by atoms with E-state index in [2.05, 4.69) is 20.1 Å². The number of esters is 2. The summed E-state index contributed by atoms with van der Waals surface area (Å²) in [6.07, 6.45) is 6.43. The summed E-state index contributed by atoms with van der Waals surface area (Å²) in [6, 6.07) is 13.5. The van der Waals surface area contributed by atoms with Crippen LogP contribution in [0.2, 0.25) is 6.32 Å². The van der Waals surface area contributed by atoms with Gasteiger partial charge in [0.25, 0.3) is 0 Å². The Morgan fingerprint density at radius 2 is 1.49 bits per heavy atom. The fourth-order valence-electron chi connectivity index (χ4n) is 4.13. The summed E-state index contributed by atoms with van der Waals surface area (Å²) in [5.41, 5.74) is 3.17. The molecule has 0 fully saturated rings. The molecule has 12 heteroatoms. The van der Waals surface area contributed by atoms with Crippen LogP contribution in [0.15, 0.2) is 66.8 Å². The van der Waals surface area contributed by atoms with Crippen LogP contribution < -0.4 is 9.47 Å². The summed E-state index contributed by atoms with van der Waals surface area (Å²) in [7, 11) is -2.17. The van der Waals surface area contributed by atoms with E-state index in [1.165, 1.54) is 24.8 Å². The Bertz CT molecular complexity index is 1180. The molecule has 0 bridgehead atoms. The summed E-state index contributed by atoms with van der Waals surface area (Å²) < 4.78 is 26.7. The van der Waals surface area contributed by atoms with Gasteiger partial charge in [0.1, 0.15) is 37.9 Å². The lowest BCUT2D eigenvalue weighted by Crippen LogP contribution is -2.18. The van der Waals surface area contributed by atoms with Gasteiger partial charge in [0.15, 0.2) is 0 Å². The highest BCUT2D eigenvalue weighted by Crippen LogP contribution is 2.32. The molecule has 0 heterocycles. The average Bonchev–Trinajstić information content (AvgIpc) is 3.00. The molecule has 0 aliphatic carbocycles. The molecule has 2 aromatic carbocycles. The van der Waals surface area contributed by atoms with Crippen molar-refractivity contribution in [1.82, 2.24) is 0 Å². The van der Waals surface area contributed by atoms with Crippen LogP contribution in [0.4, 0.5) is 0 Å². The maximum Gasteiger partial charge on any atom is 0.456 e. The van der Waals surface area contributed by atoms with Gasteiger partial charge in [-0.25, -0.2) is 9.59 Å². The van der Waals surface area contributed by atoms with E-state index in [9.17, 15) is 9.59 Å². The molecule has 0 amide bonds. The predicted octanol–water partition coefficient (Wildman–Crippen LogP) is 3.57. The van der Waals surface area contributed by atoms with Gasteiger partial charge in [-0.1, -0.05) is 64.0 Å². The zero-order valence-corrected chi connectivity index (χ0v) is 24.9. The number of unbranched alkanes of at least 4 members (excludes halogenated alkanes) is 4. The van der Waals surface area contributed by atoms with Crippen LogP contribution in [-0.4, -0.2) is 74.8 Å². The number of ether oxygens (including phenoxy) is 4. The van der Waals surface area contributed by atoms with Gasteiger partial charge >= 0.3 is 26.7 Å². The molecule has 0 radical (unpaired) electrons. The SMILES string of the molecule is C=C(COBO)C(=O)OCCOc1cccc(-c2cc(OCCOC(=O)C(=C)CB(O)O)ccc2CCCCCCC)c1. The van der Waals surface area contributed by atoms with Crippen LogP contribution >= 0.6 is 0 Å². The summed E-state index contributed by atoms with van der Waals surface area (Å²) in [5, 5.41) is 26.6. The molecule has 0 aliphatic heterocycles. The highest BCUT2D eigenvalue weighted by atomic mass is 16.6. The predicted molar refractivity (Wildman–Crippen MR) is 166 cm³/mol. The van der Waals surface area contributed by atoms with E-state index in [4.69, 9.17) is 38.7 Å². The third-order valence-electron chi connectivity index (χ3n) is 6.32. The largest absolute Gasteiger partial charge is 0.490 e. The van der Waals surface area contributed by atoms with Gasteiger partial charge in [0, 0.05) is 11.9 Å². The van der Waals surface area contributed by atoms with Crippen molar-refractivity contribution in [3.63, 3.8) is 0 Å². The first-order valence-corrected chi connectivity index (χ1v) is 14.5. The molecule has 0 spiro atoms. The summed E-state index contributed by atoms with van der Waals surface area (Å²) in [4.78, 5) is 23.8. The molecule has 232 valence electrons. The van der Waals surface area contributed by atoms with Gasteiger partial charge < -0.3 is 38.7 Å². The Morgan fingerprint density at radius 3 is 2.14 bits per heavy atom. The first kappa shape index (κ1) is 35.6. The second kappa shape index (κ2) is 20.4. The minimum Gasteiger partial charge on any atom is -0.490 e. The Morgan fingerprint density at radius 1 is 0.837 bits per heavy atom. The van der Waals surface area contributed by atoms with Crippen molar-refractivity contribution in [2.24, 2.45) is 0 Å². The molecular weight excluding hydrogens is 554 g/mol. The van der Waals surface area contributed by atoms with E-state index in [0.717, 1.165) is 30.4 Å². The van der Waals surface area contributed by atoms with Gasteiger partial charge in [0.2, 0.25) is 0 Å². The number of carbonyl (C=O) groups is 2. The lowest BCUT2D eigenvalue weighted by Gasteiger charge is -2.15. The zero-order valence-electron chi connectivity index (χ0n) is 24.9. The van der Waals surface area contributed by atoms with E-state index in [0.29, 0.717) is 11.5 Å². The van der Waals surface area contributed by atoms with Crippen molar-refractivity contribution < 1.29 is 48.3 Å². The summed E-state index contributed by atoms with van der Waals surface area (Å²) in [6.45, 7) is 9.39. The van der Waals surface area contributed by atoms with Crippen molar-refractivity contribution in [2.75, 3.05) is 33.0 Å². The molecule has 0 aliphatic rings. The van der Waals surface area contributed by atoms with E-state index in [1.807, 2.05) is 42.5 Å². The molecule has 0 saturated carbocycles. The average molecular weight is 596 g/mol. The Kier molecular flexibility index (Phi) is 16.9. The lowest BCUT2D eigenvalue weighted by atomic mass is 9.82. The first-order chi connectivity index (χ1) is 20.7. The fourth-order valence-corrected chi connectivity index (χ4v) is 4.13. The van der Waals surface area contributed by atoms with E-state index >= 15 is 0 Å². The number of benzene rings is 2. The molecule has 2 aromatic rings. The standard InChI is InChI=1S/C31H42B2O10/c1-4-5-6-7-8-10-25-13-14-28(40-16-17-41-30(34)23(2)21-33(37)38)20-29(25)26-11-9-12-27(19-26)39-15-18-42-31(35)24(3)22-43-32-36/h9,11-14,19-20,32,36-38H,2-8,10,15-18,21-22H2,1H3. The summed E-state index contributed by atoms with van der Waals surface area (Å²) >= 11 is 0. The minimum absolute atomic E-state index is 0.0199. The second-order valence-electron chi connectivity index (χ2n) is 9.85. The maximum absolute atomic E-state index is 11.9. The maximum atomic E-state index is 11.9. The Balaban J connectivity index is 2.04. The van der Waals surface area contributed by atoms with Crippen molar-refractivity contribution in [3.8, 4) is 22.6 Å². The number of hydrogen-bond donors (Lipinski definition) is 3. The Labute approximate surface area is 254 Å². The minimum atomic E-state index is -1.66. The van der Waals surface area contributed by atoms with E-state index in [1.54, 1.807) is 0 Å². The van der Waals surface area contributed by atoms with Crippen LogP contribution in [0.5, 0.6) is 11.5 Å².